The van der Waals surface area contributed by atoms with Crippen LogP contribution in [0.1, 0.15) is 31.2 Å². The van der Waals surface area contributed by atoms with E-state index in [1.165, 1.54) is 0 Å². The Morgan fingerprint density at radius 1 is 1.17 bits per heavy atom. The topological polar surface area (TPSA) is 85.0 Å². The number of carboxylic acids is 1. The van der Waals surface area contributed by atoms with Gasteiger partial charge in [0.1, 0.15) is 0 Å². The third-order valence-corrected chi connectivity index (χ3v) is 4.77. The van der Waals surface area contributed by atoms with Gasteiger partial charge in [-0.3, -0.25) is 4.79 Å². The van der Waals surface area contributed by atoms with Crippen molar-refractivity contribution in [2.24, 2.45) is 11.8 Å². The second kappa shape index (κ2) is 6.86. The lowest BCUT2D eigenvalue weighted by atomic mass is 9.78. The van der Waals surface area contributed by atoms with Gasteiger partial charge in [0.15, 0.2) is 0 Å². The molecule has 0 saturated heterocycles. The lowest BCUT2D eigenvalue weighted by Crippen LogP contribution is -2.44. The molecule has 1 aromatic carbocycles. The van der Waals surface area contributed by atoms with Gasteiger partial charge in [-0.2, -0.15) is 0 Å². The minimum atomic E-state index is -1.10. The van der Waals surface area contributed by atoms with Crippen molar-refractivity contribution in [3.8, 4) is 0 Å². The van der Waals surface area contributed by atoms with E-state index >= 15 is 0 Å². The molecule has 0 radical (unpaired) electrons. The van der Waals surface area contributed by atoms with Gasteiger partial charge in [-0.15, -0.1) is 0 Å². The molecule has 5 heteroatoms. The number of carbonyl (C=O) groups excluding carboxylic acids is 2. The van der Waals surface area contributed by atoms with Gasteiger partial charge in [-0.1, -0.05) is 31.0 Å². The van der Waals surface area contributed by atoms with Gasteiger partial charge < -0.3 is 20.2 Å². The van der Waals surface area contributed by atoms with E-state index in [4.69, 9.17) is 0 Å². The summed E-state index contributed by atoms with van der Waals surface area (Å²) in [6, 6.07) is 8.04. The Labute approximate surface area is 135 Å². The van der Waals surface area contributed by atoms with E-state index in [0.717, 1.165) is 35.7 Å². The zero-order valence-corrected chi connectivity index (χ0v) is 13.0. The third kappa shape index (κ3) is 3.38. The SMILES string of the molecule is O=C([O-])[C@H]1CCCC[C@@H]1C(=O)NCCc1c[nH]c2ccccc12. The van der Waals surface area contributed by atoms with Gasteiger partial charge in [-0.05, 0) is 30.9 Å². The van der Waals surface area contributed by atoms with Crippen molar-refractivity contribution in [3.05, 3.63) is 36.0 Å². The molecule has 1 aromatic heterocycles. The number of hydrogen-bond donors (Lipinski definition) is 2. The molecule has 1 saturated carbocycles. The normalized spacial score (nSPS) is 21.2. The molecule has 0 bridgehead atoms. The quantitative estimate of drug-likeness (QED) is 0.874. The lowest BCUT2D eigenvalue weighted by Gasteiger charge is -2.31. The zero-order valence-electron chi connectivity index (χ0n) is 13.0. The van der Waals surface area contributed by atoms with Gasteiger partial charge in [0.25, 0.3) is 0 Å². The predicted octanol–water partition coefficient (Wildman–Crippen LogP) is 1.38. The summed E-state index contributed by atoms with van der Waals surface area (Å²) in [6.07, 6.45) is 5.63. The van der Waals surface area contributed by atoms with Crippen LogP contribution in [0.3, 0.4) is 0 Å². The number of para-hydroxylation sites is 1. The first-order chi connectivity index (χ1) is 11.2. The van der Waals surface area contributed by atoms with Gasteiger partial charge >= 0.3 is 0 Å². The standard InChI is InChI=1S/C18H22N2O3/c21-17(14-6-1-2-7-15(14)18(22)23)19-10-9-12-11-20-16-8-4-3-5-13(12)16/h3-5,8,11,14-15,20H,1-2,6-7,9-10H2,(H,19,21)(H,22,23)/p-1/t14-,15-/m0/s1. The number of nitrogens with one attached hydrogen (secondary N) is 2. The van der Waals surface area contributed by atoms with E-state index in [0.29, 0.717) is 19.4 Å². The summed E-state index contributed by atoms with van der Waals surface area (Å²) in [4.78, 5) is 26.7. The number of fused-ring (bicyclic) bond motifs is 1. The number of H-pyrrole nitrogens is 1. The predicted molar refractivity (Wildman–Crippen MR) is 85.5 cm³/mol. The highest BCUT2D eigenvalue weighted by Gasteiger charge is 2.31. The number of carboxylic acid groups (broad SMARTS) is 1. The first kappa shape index (κ1) is 15.6. The van der Waals surface area contributed by atoms with Crippen LogP contribution in [0.5, 0.6) is 0 Å². The van der Waals surface area contributed by atoms with E-state index in [1.54, 1.807) is 0 Å². The van der Waals surface area contributed by atoms with Gasteiger partial charge in [0, 0.05) is 41.4 Å². The van der Waals surface area contributed by atoms with Crippen LogP contribution in [0.2, 0.25) is 0 Å². The van der Waals surface area contributed by atoms with Crippen LogP contribution in [-0.4, -0.2) is 23.4 Å². The Bertz CT molecular complexity index is 707. The van der Waals surface area contributed by atoms with Crippen molar-refractivity contribution in [1.29, 1.82) is 0 Å². The number of amides is 1. The summed E-state index contributed by atoms with van der Waals surface area (Å²) in [7, 11) is 0. The third-order valence-electron chi connectivity index (χ3n) is 4.77. The fraction of sp³-hybridized carbons (Fsp3) is 0.444. The first-order valence-corrected chi connectivity index (χ1v) is 8.20. The minimum Gasteiger partial charge on any atom is -0.550 e. The number of hydrogen-bond acceptors (Lipinski definition) is 3. The van der Waals surface area contributed by atoms with Gasteiger partial charge in [0.2, 0.25) is 5.91 Å². The molecule has 2 aromatic rings. The van der Waals surface area contributed by atoms with Crippen molar-refractivity contribution < 1.29 is 14.7 Å². The summed E-state index contributed by atoms with van der Waals surface area (Å²) >= 11 is 0. The van der Waals surface area contributed by atoms with Crippen LogP contribution >= 0.6 is 0 Å². The largest absolute Gasteiger partial charge is 0.550 e. The van der Waals surface area contributed by atoms with E-state index in [1.807, 2.05) is 24.4 Å². The first-order valence-electron chi connectivity index (χ1n) is 8.20. The molecule has 122 valence electrons. The molecule has 23 heavy (non-hydrogen) atoms. The van der Waals surface area contributed by atoms with E-state index < -0.39 is 17.8 Å². The minimum absolute atomic E-state index is 0.154. The number of aliphatic carboxylic acids is 1. The van der Waals surface area contributed by atoms with Crippen LogP contribution in [0, 0.1) is 11.8 Å². The molecular weight excluding hydrogens is 292 g/mol. The molecule has 1 aliphatic rings. The number of carbonyl (C=O) groups is 2. The fourth-order valence-corrected chi connectivity index (χ4v) is 3.52. The maximum atomic E-state index is 12.3. The zero-order chi connectivity index (χ0) is 16.2. The number of aromatic nitrogens is 1. The number of aromatic amines is 1. The van der Waals surface area contributed by atoms with Gasteiger partial charge in [0.05, 0.1) is 0 Å². The smallest absolute Gasteiger partial charge is 0.223 e. The Balaban J connectivity index is 1.57. The van der Waals surface area contributed by atoms with Crippen molar-refractivity contribution in [2.75, 3.05) is 6.54 Å². The molecular formula is C18H21N2O3-. The molecule has 0 aliphatic heterocycles. The van der Waals surface area contributed by atoms with Crippen molar-refractivity contribution in [2.45, 2.75) is 32.1 Å². The van der Waals surface area contributed by atoms with Crippen molar-refractivity contribution >= 4 is 22.8 Å². The maximum absolute atomic E-state index is 12.3. The molecule has 0 unspecified atom stereocenters. The number of rotatable bonds is 5. The molecule has 1 fully saturated rings. The van der Waals surface area contributed by atoms with Crippen LogP contribution in [0.4, 0.5) is 0 Å². The van der Waals surface area contributed by atoms with Crippen LogP contribution in [0.25, 0.3) is 10.9 Å². The molecule has 1 aliphatic carbocycles. The second-order valence-electron chi connectivity index (χ2n) is 6.22. The Kier molecular flexibility index (Phi) is 4.65. The van der Waals surface area contributed by atoms with Crippen LogP contribution in [-0.2, 0) is 16.0 Å². The van der Waals surface area contributed by atoms with Gasteiger partial charge in [-0.25, -0.2) is 0 Å². The average Bonchev–Trinajstić information content (AvgIpc) is 2.98. The Hall–Kier alpha value is -2.30. The summed E-state index contributed by atoms with van der Waals surface area (Å²) < 4.78 is 0. The fourth-order valence-electron chi connectivity index (χ4n) is 3.52. The molecule has 1 amide bonds. The van der Waals surface area contributed by atoms with E-state index in [2.05, 4.69) is 16.4 Å². The van der Waals surface area contributed by atoms with Crippen LogP contribution < -0.4 is 10.4 Å². The van der Waals surface area contributed by atoms with Crippen molar-refractivity contribution in [3.63, 3.8) is 0 Å². The molecule has 5 nitrogen and oxygen atoms in total. The number of benzene rings is 1. The van der Waals surface area contributed by atoms with E-state index in [9.17, 15) is 14.7 Å². The summed E-state index contributed by atoms with van der Waals surface area (Å²) in [5, 5.41) is 15.2. The van der Waals surface area contributed by atoms with Crippen molar-refractivity contribution in [1.82, 2.24) is 10.3 Å². The highest BCUT2D eigenvalue weighted by Crippen LogP contribution is 2.29. The Morgan fingerprint density at radius 2 is 1.91 bits per heavy atom. The van der Waals surface area contributed by atoms with E-state index in [-0.39, 0.29) is 5.91 Å². The maximum Gasteiger partial charge on any atom is 0.223 e. The molecule has 2 N–H and O–H groups in total. The van der Waals surface area contributed by atoms with Crippen LogP contribution in [0.15, 0.2) is 30.5 Å². The monoisotopic (exact) mass is 313 g/mol. The highest BCUT2D eigenvalue weighted by molar-refractivity contribution is 5.85. The lowest BCUT2D eigenvalue weighted by molar-refractivity contribution is -0.314. The molecule has 2 atom stereocenters. The Morgan fingerprint density at radius 3 is 2.70 bits per heavy atom. The highest BCUT2D eigenvalue weighted by atomic mass is 16.4. The summed E-state index contributed by atoms with van der Waals surface area (Å²) in [5.41, 5.74) is 2.24. The molecule has 1 heterocycles. The summed E-state index contributed by atoms with van der Waals surface area (Å²) in [5.74, 6) is -2.34. The molecule has 0 spiro atoms. The summed E-state index contributed by atoms with van der Waals surface area (Å²) in [6.45, 7) is 0.511. The molecule has 3 rings (SSSR count). The second-order valence-corrected chi connectivity index (χ2v) is 6.22. The average molecular weight is 313 g/mol.